The van der Waals surface area contributed by atoms with Gasteiger partial charge in [0.2, 0.25) is 0 Å². The van der Waals surface area contributed by atoms with E-state index in [1.807, 2.05) is 0 Å². The Morgan fingerprint density at radius 3 is 1.06 bits per heavy atom. The van der Waals surface area contributed by atoms with Crippen LogP contribution in [-0.2, 0) is 0 Å². The topological polar surface area (TPSA) is 0 Å². The lowest BCUT2D eigenvalue weighted by Gasteiger charge is -2.14. The number of rotatable bonds is 26. The van der Waals surface area contributed by atoms with E-state index in [1.54, 1.807) is 0 Å². The molecule has 32 heavy (non-hydrogen) atoms. The van der Waals surface area contributed by atoms with Gasteiger partial charge in [0, 0.05) is 0 Å². The minimum Gasteiger partial charge on any atom is -0.0654 e. The Morgan fingerprint density at radius 1 is 0.344 bits per heavy atom. The zero-order chi connectivity index (χ0) is 23.7. The van der Waals surface area contributed by atoms with Crippen molar-refractivity contribution >= 4 is 0 Å². The molecule has 0 saturated heterocycles. The molecule has 3 unspecified atom stereocenters. The molecule has 0 rings (SSSR count). The molecular formula is C32H66. The fourth-order valence-corrected chi connectivity index (χ4v) is 5.51. The predicted molar refractivity (Wildman–Crippen MR) is 150 cm³/mol. The van der Waals surface area contributed by atoms with E-state index in [0.717, 1.165) is 17.8 Å². The first-order chi connectivity index (χ1) is 15.6. The monoisotopic (exact) mass is 451 g/mol. The van der Waals surface area contributed by atoms with Crippen molar-refractivity contribution in [2.45, 2.75) is 189 Å². The minimum absolute atomic E-state index is 0.958. The summed E-state index contributed by atoms with van der Waals surface area (Å²) in [6.07, 6.45) is 35.1. The van der Waals surface area contributed by atoms with Gasteiger partial charge >= 0.3 is 0 Å². The van der Waals surface area contributed by atoms with E-state index >= 15 is 0 Å². The van der Waals surface area contributed by atoms with Crippen LogP contribution in [0.5, 0.6) is 0 Å². The van der Waals surface area contributed by atoms with Gasteiger partial charge in [0.25, 0.3) is 0 Å². The highest BCUT2D eigenvalue weighted by Crippen LogP contribution is 2.22. The molecule has 0 aliphatic carbocycles. The summed E-state index contributed by atoms with van der Waals surface area (Å²) in [5.74, 6) is 2.93. The molecule has 0 aromatic carbocycles. The maximum atomic E-state index is 2.45. The Kier molecular flexibility index (Phi) is 25.6. The van der Waals surface area contributed by atoms with Crippen molar-refractivity contribution < 1.29 is 0 Å². The fourth-order valence-electron chi connectivity index (χ4n) is 5.51. The van der Waals surface area contributed by atoms with Gasteiger partial charge in [-0.15, -0.1) is 0 Å². The summed E-state index contributed by atoms with van der Waals surface area (Å²) < 4.78 is 0. The van der Waals surface area contributed by atoms with Crippen LogP contribution < -0.4 is 0 Å². The van der Waals surface area contributed by atoms with Crippen LogP contribution in [0.4, 0.5) is 0 Å². The Hall–Kier alpha value is 0. The van der Waals surface area contributed by atoms with Crippen molar-refractivity contribution in [3.8, 4) is 0 Å². The zero-order valence-corrected chi connectivity index (χ0v) is 23.7. The number of hydrogen-bond donors (Lipinski definition) is 0. The summed E-state index contributed by atoms with van der Waals surface area (Å²) in [5.41, 5.74) is 0. The van der Waals surface area contributed by atoms with E-state index in [4.69, 9.17) is 0 Å². The molecule has 0 heteroatoms. The maximum Gasteiger partial charge on any atom is -0.0417 e. The molecule has 194 valence electrons. The van der Waals surface area contributed by atoms with Crippen LogP contribution in [0.2, 0.25) is 0 Å². The molecule has 0 amide bonds. The third kappa shape index (κ3) is 23.2. The zero-order valence-electron chi connectivity index (χ0n) is 23.7. The predicted octanol–water partition coefficient (Wildman–Crippen LogP) is 12.3. The van der Waals surface area contributed by atoms with E-state index in [1.165, 1.54) is 154 Å². The Labute approximate surface area is 206 Å². The molecule has 0 radical (unpaired) electrons. The molecule has 0 aromatic rings. The van der Waals surface area contributed by atoms with E-state index in [9.17, 15) is 0 Å². The van der Waals surface area contributed by atoms with Crippen LogP contribution in [0.1, 0.15) is 189 Å². The van der Waals surface area contributed by atoms with Gasteiger partial charge in [0.05, 0.1) is 0 Å². The lowest BCUT2D eigenvalue weighted by molar-refractivity contribution is 0.390. The highest BCUT2D eigenvalue weighted by Gasteiger charge is 2.06. The highest BCUT2D eigenvalue weighted by molar-refractivity contribution is 4.60. The second-order valence-electron chi connectivity index (χ2n) is 11.5. The van der Waals surface area contributed by atoms with Gasteiger partial charge in [-0.25, -0.2) is 0 Å². The lowest BCUT2D eigenvalue weighted by Crippen LogP contribution is -1.99. The Morgan fingerprint density at radius 2 is 0.688 bits per heavy atom. The van der Waals surface area contributed by atoms with Crippen molar-refractivity contribution in [1.82, 2.24) is 0 Å². The van der Waals surface area contributed by atoms with Gasteiger partial charge in [-0.05, 0) is 17.8 Å². The summed E-state index contributed by atoms with van der Waals surface area (Å²) >= 11 is 0. The van der Waals surface area contributed by atoms with Gasteiger partial charge in [0.1, 0.15) is 0 Å². The van der Waals surface area contributed by atoms with E-state index in [2.05, 4.69) is 34.6 Å². The van der Waals surface area contributed by atoms with Gasteiger partial charge in [-0.1, -0.05) is 189 Å². The Bertz CT molecular complexity index is 333. The van der Waals surface area contributed by atoms with Gasteiger partial charge in [-0.2, -0.15) is 0 Å². The van der Waals surface area contributed by atoms with E-state index in [-0.39, 0.29) is 0 Å². The molecule has 0 aliphatic heterocycles. The van der Waals surface area contributed by atoms with Crippen LogP contribution in [-0.4, -0.2) is 0 Å². The smallest absolute Gasteiger partial charge is 0.0417 e. The van der Waals surface area contributed by atoms with Crippen molar-refractivity contribution in [1.29, 1.82) is 0 Å². The third-order valence-corrected chi connectivity index (χ3v) is 8.03. The van der Waals surface area contributed by atoms with E-state index in [0.29, 0.717) is 0 Å². The quantitative estimate of drug-likeness (QED) is 0.115. The van der Waals surface area contributed by atoms with E-state index < -0.39 is 0 Å². The molecule has 0 N–H and O–H groups in total. The molecule has 3 atom stereocenters. The molecule has 0 saturated carbocycles. The first-order valence-corrected chi connectivity index (χ1v) is 15.6. The van der Waals surface area contributed by atoms with Crippen LogP contribution in [0.25, 0.3) is 0 Å². The van der Waals surface area contributed by atoms with Crippen LogP contribution in [0.3, 0.4) is 0 Å². The molecule has 0 fully saturated rings. The average molecular weight is 451 g/mol. The summed E-state index contributed by atoms with van der Waals surface area (Å²) in [4.78, 5) is 0. The lowest BCUT2D eigenvalue weighted by atomic mass is 9.92. The largest absolute Gasteiger partial charge is 0.0654 e. The molecular weight excluding hydrogens is 384 g/mol. The molecule has 0 heterocycles. The third-order valence-electron chi connectivity index (χ3n) is 8.03. The number of unbranched alkanes of at least 4 members (excludes halogenated alkanes) is 13. The first-order valence-electron chi connectivity index (χ1n) is 15.6. The number of hydrogen-bond acceptors (Lipinski definition) is 0. The van der Waals surface area contributed by atoms with Crippen LogP contribution in [0.15, 0.2) is 0 Å². The SMILES string of the molecule is CCCCC(C)CCCCCCCCCCC(CC)CCCCCCCCC(C)CCC. The van der Waals surface area contributed by atoms with Crippen molar-refractivity contribution in [2.24, 2.45) is 17.8 Å². The summed E-state index contributed by atoms with van der Waals surface area (Å²) in [6, 6.07) is 0. The minimum atomic E-state index is 0.958. The molecule has 0 spiro atoms. The standard InChI is InChI=1S/C32H66/c1-6-9-25-31(5)27-21-16-12-10-11-13-18-22-28-32(8-3)29-23-19-15-14-17-20-26-30(4)24-7-2/h30-32H,6-29H2,1-5H3. The van der Waals surface area contributed by atoms with Crippen molar-refractivity contribution in [3.63, 3.8) is 0 Å². The maximum absolute atomic E-state index is 2.45. The summed E-state index contributed by atoms with van der Waals surface area (Å²) in [6.45, 7) is 11.9. The highest BCUT2D eigenvalue weighted by atomic mass is 14.1. The molecule has 0 aromatic heterocycles. The van der Waals surface area contributed by atoms with Gasteiger partial charge in [0.15, 0.2) is 0 Å². The Balaban J connectivity index is 3.37. The normalized spacial score (nSPS) is 14.5. The summed E-state index contributed by atoms with van der Waals surface area (Å²) in [7, 11) is 0. The molecule has 0 nitrogen and oxygen atoms in total. The fraction of sp³-hybridized carbons (Fsp3) is 1.00. The molecule has 0 aliphatic rings. The van der Waals surface area contributed by atoms with Crippen LogP contribution in [0, 0.1) is 17.8 Å². The summed E-state index contributed by atoms with van der Waals surface area (Å²) in [5, 5.41) is 0. The van der Waals surface area contributed by atoms with Gasteiger partial charge in [-0.3, -0.25) is 0 Å². The second-order valence-corrected chi connectivity index (χ2v) is 11.5. The molecule has 0 bridgehead atoms. The first kappa shape index (κ1) is 32.0. The second kappa shape index (κ2) is 25.6. The van der Waals surface area contributed by atoms with Crippen molar-refractivity contribution in [3.05, 3.63) is 0 Å². The van der Waals surface area contributed by atoms with Gasteiger partial charge < -0.3 is 0 Å². The van der Waals surface area contributed by atoms with Crippen LogP contribution >= 0.6 is 0 Å². The average Bonchev–Trinajstić information content (AvgIpc) is 2.79. The van der Waals surface area contributed by atoms with Crippen molar-refractivity contribution in [2.75, 3.05) is 0 Å².